The Bertz CT molecular complexity index is 690. The van der Waals surface area contributed by atoms with Crippen molar-refractivity contribution in [3.05, 3.63) is 23.8 Å². The largest absolute Gasteiger partial charge is 0.493 e. The summed E-state index contributed by atoms with van der Waals surface area (Å²) in [6.45, 7) is 0. The second-order valence-corrected chi connectivity index (χ2v) is 6.87. The van der Waals surface area contributed by atoms with Crippen molar-refractivity contribution < 1.29 is 23.8 Å². The molecule has 0 radical (unpaired) electrons. The number of aldehydes is 1. The average molecular weight is 373 g/mol. The number of hydrogen-bond acceptors (Lipinski definition) is 6. The van der Waals surface area contributed by atoms with Gasteiger partial charge in [-0.05, 0) is 56.2 Å². The lowest BCUT2D eigenvalue weighted by Crippen LogP contribution is -2.26. The Morgan fingerprint density at radius 3 is 2.59 bits per heavy atom. The molecule has 6 nitrogen and oxygen atoms in total. The van der Waals surface area contributed by atoms with E-state index >= 15 is 0 Å². The van der Waals surface area contributed by atoms with Crippen LogP contribution in [0, 0.1) is 11.3 Å². The minimum Gasteiger partial charge on any atom is -0.493 e. The molecule has 0 aliphatic heterocycles. The molecule has 0 aromatic heterocycles. The van der Waals surface area contributed by atoms with E-state index in [2.05, 4.69) is 6.07 Å². The lowest BCUT2D eigenvalue weighted by Gasteiger charge is -2.27. The third-order valence-corrected chi connectivity index (χ3v) is 5.20. The molecular formula is C21H27NO5. The van der Waals surface area contributed by atoms with Crippen LogP contribution in [0.1, 0.15) is 56.9 Å². The zero-order valence-corrected chi connectivity index (χ0v) is 16.0. The molecule has 0 saturated heterocycles. The molecule has 0 spiro atoms. The Hall–Kier alpha value is -2.55. The summed E-state index contributed by atoms with van der Waals surface area (Å²) < 4.78 is 16.3. The number of nitrogens with zero attached hydrogens (tertiary/aromatic N) is 1. The van der Waals surface area contributed by atoms with Gasteiger partial charge in [-0.15, -0.1) is 0 Å². The number of rotatable bonds is 10. The molecule has 2 rings (SSSR count). The van der Waals surface area contributed by atoms with Crippen LogP contribution in [0.25, 0.3) is 0 Å². The minimum atomic E-state index is -0.963. The summed E-state index contributed by atoms with van der Waals surface area (Å²) in [4.78, 5) is 22.6. The van der Waals surface area contributed by atoms with E-state index in [0.29, 0.717) is 17.9 Å². The summed E-state index contributed by atoms with van der Waals surface area (Å²) in [6.07, 6.45) is 6.19. The predicted molar refractivity (Wildman–Crippen MR) is 99.7 cm³/mol. The number of hydrogen-bond donors (Lipinski definition) is 0. The van der Waals surface area contributed by atoms with Crippen molar-refractivity contribution in [1.82, 2.24) is 0 Å². The zero-order valence-electron chi connectivity index (χ0n) is 16.0. The van der Waals surface area contributed by atoms with Crippen molar-refractivity contribution in [2.75, 3.05) is 14.2 Å². The lowest BCUT2D eigenvalue weighted by molar-refractivity contribution is -0.140. The van der Waals surface area contributed by atoms with Gasteiger partial charge in [0.15, 0.2) is 11.5 Å². The first-order chi connectivity index (χ1) is 13.1. The number of carbonyl (C=O) groups is 2. The average Bonchev–Trinajstić information content (AvgIpc) is 3.21. The third-order valence-electron chi connectivity index (χ3n) is 5.20. The topological polar surface area (TPSA) is 85.6 Å². The van der Waals surface area contributed by atoms with Crippen LogP contribution in [0.4, 0.5) is 0 Å². The first kappa shape index (κ1) is 20.8. The van der Waals surface area contributed by atoms with Gasteiger partial charge in [0, 0.05) is 12.8 Å². The number of nitriles is 1. The van der Waals surface area contributed by atoms with Gasteiger partial charge in [0.1, 0.15) is 6.29 Å². The second-order valence-electron chi connectivity index (χ2n) is 6.87. The summed E-state index contributed by atoms with van der Waals surface area (Å²) in [7, 11) is 2.90. The Balaban J connectivity index is 2.35. The van der Waals surface area contributed by atoms with E-state index in [4.69, 9.17) is 14.2 Å². The highest BCUT2D eigenvalue weighted by molar-refractivity contribution is 5.69. The second kappa shape index (κ2) is 9.96. The van der Waals surface area contributed by atoms with Gasteiger partial charge in [-0.3, -0.25) is 4.79 Å². The molecule has 1 atom stereocenters. The monoisotopic (exact) mass is 373 g/mol. The van der Waals surface area contributed by atoms with Crippen molar-refractivity contribution in [1.29, 1.82) is 5.26 Å². The first-order valence-electron chi connectivity index (χ1n) is 9.35. The molecule has 6 heteroatoms. The molecule has 1 aliphatic rings. The van der Waals surface area contributed by atoms with Crippen LogP contribution in [0.15, 0.2) is 18.2 Å². The van der Waals surface area contributed by atoms with Gasteiger partial charge < -0.3 is 19.0 Å². The molecule has 0 amide bonds. The van der Waals surface area contributed by atoms with Crippen LogP contribution in [0.5, 0.6) is 11.5 Å². The molecule has 1 fully saturated rings. The van der Waals surface area contributed by atoms with Crippen LogP contribution >= 0.6 is 0 Å². The van der Waals surface area contributed by atoms with Crippen LogP contribution in [0.2, 0.25) is 0 Å². The minimum absolute atomic E-state index is 0.105. The summed E-state index contributed by atoms with van der Waals surface area (Å²) in [5.74, 6) is 0.836. The molecule has 27 heavy (non-hydrogen) atoms. The van der Waals surface area contributed by atoms with Gasteiger partial charge in [-0.2, -0.15) is 5.26 Å². The van der Waals surface area contributed by atoms with Crippen molar-refractivity contribution in [3.8, 4) is 17.6 Å². The molecule has 1 saturated carbocycles. The Kier molecular flexibility index (Phi) is 7.66. The molecule has 0 heterocycles. The Morgan fingerprint density at radius 2 is 2.00 bits per heavy atom. The van der Waals surface area contributed by atoms with Gasteiger partial charge >= 0.3 is 5.97 Å². The maximum Gasteiger partial charge on any atom is 0.305 e. The zero-order chi connectivity index (χ0) is 19.7. The standard InChI is InChI=1S/C21H27NO5/c1-25-18-9-8-16(14-19(18)27-17-6-3-4-7-17)21(15-22,11-5-13-23)12-10-20(24)26-2/h8-9,13-14,17H,3-7,10-12H2,1-2H3. The van der Waals surface area contributed by atoms with E-state index in [1.807, 2.05) is 12.1 Å². The van der Waals surface area contributed by atoms with Crippen molar-refractivity contribution >= 4 is 12.3 Å². The van der Waals surface area contributed by atoms with Gasteiger partial charge in [-0.25, -0.2) is 0 Å². The number of esters is 1. The summed E-state index contributed by atoms with van der Waals surface area (Å²) in [6, 6.07) is 7.76. The SMILES string of the molecule is COC(=O)CCC(C#N)(CCC=O)c1ccc(OC)c(OC2CCCC2)c1. The van der Waals surface area contributed by atoms with Crippen LogP contribution < -0.4 is 9.47 Å². The lowest BCUT2D eigenvalue weighted by atomic mass is 9.74. The Labute approximate surface area is 160 Å². The predicted octanol–water partition coefficient (Wildman–Crippen LogP) is 3.71. The van der Waals surface area contributed by atoms with Gasteiger partial charge in [0.2, 0.25) is 0 Å². The highest BCUT2D eigenvalue weighted by Gasteiger charge is 2.34. The summed E-state index contributed by atoms with van der Waals surface area (Å²) in [5.41, 5.74) is -0.237. The normalized spacial score (nSPS) is 16.2. The van der Waals surface area contributed by atoms with Crippen LogP contribution in [-0.2, 0) is 19.7 Å². The molecule has 1 aliphatic carbocycles. The quantitative estimate of drug-likeness (QED) is 0.459. The number of methoxy groups -OCH3 is 2. The number of ether oxygens (including phenoxy) is 3. The van der Waals surface area contributed by atoms with Crippen LogP contribution in [-0.4, -0.2) is 32.6 Å². The summed E-state index contributed by atoms with van der Waals surface area (Å²) >= 11 is 0. The van der Waals surface area contributed by atoms with Crippen LogP contribution in [0.3, 0.4) is 0 Å². The number of benzene rings is 1. The first-order valence-corrected chi connectivity index (χ1v) is 9.35. The third kappa shape index (κ3) is 5.22. The number of carbonyl (C=O) groups excluding carboxylic acids is 2. The molecule has 0 N–H and O–H groups in total. The van der Waals surface area contributed by atoms with E-state index in [9.17, 15) is 14.9 Å². The summed E-state index contributed by atoms with van der Waals surface area (Å²) in [5, 5.41) is 9.95. The van der Waals surface area contributed by atoms with Gasteiger partial charge in [0.05, 0.1) is 31.8 Å². The van der Waals surface area contributed by atoms with E-state index in [1.165, 1.54) is 7.11 Å². The fourth-order valence-electron chi connectivity index (χ4n) is 3.57. The molecule has 1 aromatic carbocycles. The van der Waals surface area contributed by atoms with Gasteiger partial charge in [0.25, 0.3) is 0 Å². The molecule has 1 aromatic rings. The Morgan fingerprint density at radius 1 is 1.26 bits per heavy atom. The van der Waals surface area contributed by atoms with E-state index in [-0.39, 0.29) is 31.3 Å². The maximum absolute atomic E-state index is 11.6. The highest BCUT2D eigenvalue weighted by atomic mass is 16.5. The van der Waals surface area contributed by atoms with E-state index in [0.717, 1.165) is 37.5 Å². The van der Waals surface area contributed by atoms with Gasteiger partial charge in [-0.1, -0.05) is 6.07 Å². The highest BCUT2D eigenvalue weighted by Crippen LogP contribution is 2.40. The maximum atomic E-state index is 11.6. The fraction of sp³-hybridized carbons (Fsp3) is 0.571. The van der Waals surface area contributed by atoms with E-state index in [1.54, 1.807) is 13.2 Å². The molecule has 146 valence electrons. The molecule has 0 bridgehead atoms. The van der Waals surface area contributed by atoms with Crippen molar-refractivity contribution in [2.24, 2.45) is 0 Å². The van der Waals surface area contributed by atoms with Crippen molar-refractivity contribution in [2.45, 2.75) is 62.9 Å². The smallest absolute Gasteiger partial charge is 0.305 e. The molecular weight excluding hydrogens is 346 g/mol. The van der Waals surface area contributed by atoms with E-state index < -0.39 is 5.41 Å². The fourth-order valence-corrected chi connectivity index (χ4v) is 3.57. The van der Waals surface area contributed by atoms with Crippen molar-refractivity contribution in [3.63, 3.8) is 0 Å². The molecule has 1 unspecified atom stereocenters.